The lowest BCUT2D eigenvalue weighted by molar-refractivity contribution is 0.101. The van der Waals surface area contributed by atoms with E-state index in [1.807, 2.05) is 51.3 Å². The SMILES string of the molecule is CCC(NS(=O)(=O)c1cccc(C2=NC(=O)c3c(-c4cccc(S(=O)(=O)NC(CC)N(CC)CC)c4)[nH]c(O)c32)c1)N(CC)CC. The molecule has 3 aromatic rings. The first-order valence-electron chi connectivity index (χ1n) is 15.7. The number of sulfonamides is 2. The molecular weight excluding hydrogens is 629 g/mol. The Morgan fingerprint density at radius 1 is 0.739 bits per heavy atom. The molecule has 250 valence electrons. The van der Waals surface area contributed by atoms with Gasteiger partial charge in [0.15, 0.2) is 5.88 Å². The molecule has 14 heteroatoms. The number of aromatic nitrogens is 1. The molecule has 0 spiro atoms. The van der Waals surface area contributed by atoms with E-state index in [0.29, 0.717) is 50.1 Å². The second-order valence-electron chi connectivity index (χ2n) is 11.0. The minimum absolute atomic E-state index is 0.00467. The molecule has 0 aliphatic carbocycles. The number of hydrogen-bond donors (Lipinski definition) is 4. The Kier molecular flexibility index (Phi) is 11.2. The smallest absolute Gasteiger partial charge is 0.280 e. The van der Waals surface area contributed by atoms with Crippen molar-refractivity contribution in [2.45, 2.75) is 76.5 Å². The first-order chi connectivity index (χ1) is 21.8. The van der Waals surface area contributed by atoms with Crippen LogP contribution in [0.3, 0.4) is 0 Å². The molecule has 1 aromatic heterocycles. The fourth-order valence-electron chi connectivity index (χ4n) is 5.85. The summed E-state index contributed by atoms with van der Waals surface area (Å²) in [5.74, 6) is -0.984. The standard InChI is InChI=1S/C32H44N6O6S2/c1-7-25(37(9-3)10-4)35-45(41,42)23-17-13-15-21(19-23)29-27-28(32(40)33-29)30(34-31(27)39)22-16-14-18-24(20-22)46(43,44)36-26(8-2)38(11-5)12-6/h13-20,25-26,33,35-36,40H,7-12H2,1-6H3. The van der Waals surface area contributed by atoms with Crippen molar-refractivity contribution < 1.29 is 26.7 Å². The van der Waals surface area contributed by atoms with E-state index < -0.39 is 32.1 Å². The van der Waals surface area contributed by atoms with Crippen molar-refractivity contribution >= 4 is 31.7 Å². The highest BCUT2D eigenvalue weighted by atomic mass is 32.2. The molecule has 4 N–H and O–H groups in total. The van der Waals surface area contributed by atoms with Gasteiger partial charge in [-0.25, -0.2) is 21.8 Å². The Hall–Kier alpha value is -3.40. The maximum atomic E-state index is 13.4. The number of fused-ring (bicyclic) bond motifs is 1. The first kappa shape index (κ1) is 35.5. The predicted molar refractivity (Wildman–Crippen MR) is 179 cm³/mol. The topological polar surface area (TPSA) is 164 Å². The van der Waals surface area contributed by atoms with Crippen LogP contribution in [-0.4, -0.2) is 86.9 Å². The van der Waals surface area contributed by atoms with E-state index in [1.165, 1.54) is 24.3 Å². The third-order valence-corrected chi connectivity index (χ3v) is 11.3. The Balaban J connectivity index is 1.69. The zero-order valence-corrected chi connectivity index (χ0v) is 28.8. The zero-order chi connectivity index (χ0) is 33.8. The normalized spacial score (nSPS) is 15.0. The number of benzene rings is 2. The summed E-state index contributed by atoms with van der Waals surface area (Å²) in [4.78, 5) is 24.3. The molecule has 0 saturated heterocycles. The summed E-state index contributed by atoms with van der Waals surface area (Å²) in [5, 5.41) is 11.0. The van der Waals surface area contributed by atoms with Crippen molar-refractivity contribution in [1.82, 2.24) is 24.2 Å². The van der Waals surface area contributed by atoms with Gasteiger partial charge < -0.3 is 10.1 Å². The lowest BCUT2D eigenvalue weighted by Crippen LogP contribution is -2.47. The summed E-state index contributed by atoms with van der Waals surface area (Å²) in [6.45, 7) is 14.4. The number of aliphatic imine (C=N–C) groups is 1. The molecule has 46 heavy (non-hydrogen) atoms. The molecule has 12 nitrogen and oxygen atoms in total. The number of nitrogens with zero attached hydrogens (tertiary/aromatic N) is 3. The van der Waals surface area contributed by atoms with Crippen LogP contribution >= 0.6 is 0 Å². The van der Waals surface area contributed by atoms with Crippen LogP contribution in [0.15, 0.2) is 63.3 Å². The van der Waals surface area contributed by atoms with Crippen LogP contribution in [0, 0.1) is 0 Å². The third kappa shape index (κ3) is 7.11. The predicted octanol–water partition coefficient (Wildman–Crippen LogP) is 4.09. The molecule has 2 aromatic carbocycles. The molecule has 1 amide bonds. The number of aromatic hydroxyl groups is 1. The average Bonchev–Trinajstić information content (AvgIpc) is 3.58. The Morgan fingerprint density at radius 2 is 1.20 bits per heavy atom. The second-order valence-corrected chi connectivity index (χ2v) is 14.4. The molecule has 2 atom stereocenters. The van der Waals surface area contributed by atoms with Crippen molar-refractivity contribution in [2.75, 3.05) is 26.2 Å². The lowest BCUT2D eigenvalue weighted by atomic mass is 10.0. The largest absolute Gasteiger partial charge is 0.494 e. The van der Waals surface area contributed by atoms with Crippen LogP contribution < -0.4 is 9.44 Å². The summed E-state index contributed by atoms with van der Waals surface area (Å²) < 4.78 is 59.1. The van der Waals surface area contributed by atoms with Crippen LogP contribution in [0.4, 0.5) is 0 Å². The van der Waals surface area contributed by atoms with Crippen LogP contribution in [-0.2, 0) is 20.0 Å². The fraction of sp³-hybridized carbons (Fsp3) is 0.438. The van der Waals surface area contributed by atoms with Gasteiger partial charge in [-0.05, 0) is 63.3 Å². The Bertz CT molecular complexity index is 1810. The van der Waals surface area contributed by atoms with Crippen molar-refractivity contribution in [3.63, 3.8) is 0 Å². The van der Waals surface area contributed by atoms with E-state index in [1.54, 1.807) is 24.3 Å². The number of nitrogens with one attached hydrogen (secondary N) is 3. The quantitative estimate of drug-likeness (QED) is 0.165. The van der Waals surface area contributed by atoms with Crippen LogP contribution in [0.5, 0.6) is 5.88 Å². The molecular formula is C32H44N6O6S2. The van der Waals surface area contributed by atoms with E-state index >= 15 is 0 Å². The molecule has 0 saturated carbocycles. The van der Waals surface area contributed by atoms with Gasteiger partial charge in [-0.2, -0.15) is 9.44 Å². The number of aromatic amines is 1. The third-order valence-electron chi connectivity index (χ3n) is 8.36. The minimum atomic E-state index is -3.93. The lowest BCUT2D eigenvalue weighted by Gasteiger charge is -2.29. The minimum Gasteiger partial charge on any atom is -0.494 e. The first-order valence-corrected chi connectivity index (χ1v) is 18.6. The number of amides is 1. The van der Waals surface area contributed by atoms with Gasteiger partial charge in [-0.3, -0.25) is 14.6 Å². The van der Waals surface area contributed by atoms with Crippen molar-refractivity contribution in [3.8, 4) is 17.1 Å². The number of H-pyrrole nitrogens is 1. The van der Waals surface area contributed by atoms with Gasteiger partial charge >= 0.3 is 0 Å². The maximum Gasteiger partial charge on any atom is 0.280 e. The van der Waals surface area contributed by atoms with E-state index in [-0.39, 0.29) is 44.4 Å². The monoisotopic (exact) mass is 672 g/mol. The fourth-order valence-corrected chi connectivity index (χ4v) is 8.55. The number of hydrogen-bond acceptors (Lipinski definition) is 8. The Labute approximate surface area is 272 Å². The van der Waals surface area contributed by atoms with E-state index in [4.69, 9.17) is 0 Å². The van der Waals surface area contributed by atoms with Gasteiger partial charge in [0.2, 0.25) is 20.0 Å². The number of carbonyl (C=O) groups excluding carboxylic acids is 1. The van der Waals surface area contributed by atoms with Crippen molar-refractivity contribution in [2.24, 2.45) is 4.99 Å². The summed E-state index contributed by atoms with van der Waals surface area (Å²) in [5.41, 5.74) is 1.21. The van der Waals surface area contributed by atoms with Crippen molar-refractivity contribution in [1.29, 1.82) is 0 Å². The van der Waals surface area contributed by atoms with Gasteiger partial charge in [0, 0.05) is 11.1 Å². The van der Waals surface area contributed by atoms with Gasteiger partial charge in [0.05, 0.1) is 44.7 Å². The highest BCUT2D eigenvalue weighted by Gasteiger charge is 2.34. The molecule has 0 radical (unpaired) electrons. The van der Waals surface area contributed by atoms with Crippen LogP contribution in [0.1, 0.15) is 75.9 Å². The second kappa shape index (κ2) is 14.6. The summed E-state index contributed by atoms with van der Waals surface area (Å²) in [6.07, 6.45) is 0.358. The summed E-state index contributed by atoms with van der Waals surface area (Å²) in [7, 11) is -7.86. The van der Waals surface area contributed by atoms with Gasteiger partial charge in [0.1, 0.15) is 0 Å². The molecule has 4 rings (SSSR count). The molecule has 1 aliphatic heterocycles. The highest BCUT2D eigenvalue weighted by Crippen LogP contribution is 2.38. The highest BCUT2D eigenvalue weighted by molar-refractivity contribution is 7.89. The molecule has 1 aliphatic rings. The van der Waals surface area contributed by atoms with Gasteiger partial charge in [-0.15, -0.1) is 0 Å². The molecule has 2 unspecified atom stereocenters. The van der Waals surface area contributed by atoms with Gasteiger partial charge in [0.25, 0.3) is 5.91 Å². The van der Waals surface area contributed by atoms with Crippen molar-refractivity contribution in [3.05, 3.63) is 65.2 Å². The maximum absolute atomic E-state index is 13.4. The molecule has 2 heterocycles. The summed E-state index contributed by atoms with van der Waals surface area (Å²) >= 11 is 0. The number of rotatable bonds is 16. The summed E-state index contributed by atoms with van der Waals surface area (Å²) in [6, 6.07) is 12.2. The van der Waals surface area contributed by atoms with E-state index in [0.717, 1.165) is 0 Å². The van der Waals surface area contributed by atoms with E-state index in [9.17, 15) is 26.7 Å². The molecule has 0 bridgehead atoms. The Morgan fingerprint density at radius 3 is 1.65 bits per heavy atom. The number of carbonyl (C=O) groups is 1. The average molecular weight is 673 g/mol. The van der Waals surface area contributed by atoms with Crippen LogP contribution in [0.25, 0.3) is 11.3 Å². The van der Waals surface area contributed by atoms with E-state index in [2.05, 4.69) is 19.4 Å². The van der Waals surface area contributed by atoms with Crippen LogP contribution in [0.2, 0.25) is 0 Å². The van der Waals surface area contributed by atoms with Gasteiger partial charge in [-0.1, -0.05) is 65.8 Å². The molecule has 0 fully saturated rings. The zero-order valence-electron chi connectivity index (χ0n) is 27.2.